The molecule has 3 aromatic carbocycles. The second-order valence-corrected chi connectivity index (χ2v) is 7.89. The molecule has 0 aliphatic heterocycles. The number of benzene rings is 3. The fourth-order valence-electron chi connectivity index (χ4n) is 3.75. The number of nitrogens with zero attached hydrogens (tertiary/aromatic N) is 2. The van der Waals surface area contributed by atoms with Crippen LogP contribution in [0.1, 0.15) is 28.9 Å². The van der Waals surface area contributed by atoms with E-state index in [-0.39, 0.29) is 17.8 Å². The van der Waals surface area contributed by atoms with Gasteiger partial charge in [-0.1, -0.05) is 48.5 Å². The Labute approximate surface area is 190 Å². The highest BCUT2D eigenvalue weighted by Crippen LogP contribution is 2.24. The van der Waals surface area contributed by atoms with E-state index in [1.54, 1.807) is 24.4 Å². The van der Waals surface area contributed by atoms with Crippen LogP contribution in [0.2, 0.25) is 0 Å². The molecule has 0 aliphatic carbocycles. The van der Waals surface area contributed by atoms with Crippen molar-refractivity contribution in [1.82, 2.24) is 20.3 Å². The maximum absolute atomic E-state index is 13.2. The SMILES string of the molecule is C[C@H](NC(=O)c1cccc(-c2cnc(-c3cc4ccccc4cn3)[nH]2)c1)c1ccc(F)cc1. The minimum Gasteiger partial charge on any atom is -0.346 e. The zero-order valence-electron chi connectivity index (χ0n) is 17.9. The Hall–Kier alpha value is -4.32. The Bertz CT molecular complexity index is 1440. The highest BCUT2D eigenvalue weighted by molar-refractivity contribution is 5.95. The molecular weight excluding hydrogens is 415 g/mol. The van der Waals surface area contributed by atoms with Crippen molar-refractivity contribution >= 4 is 16.7 Å². The molecule has 33 heavy (non-hydrogen) atoms. The Morgan fingerprint density at radius 3 is 2.52 bits per heavy atom. The lowest BCUT2D eigenvalue weighted by Crippen LogP contribution is -2.26. The number of halogens is 1. The highest BCUT2D eigenvalue weighted by Gasteiger charge is 2.14. The van der Waals surface area contributed by atoms with Gasteiger partial charge in [-0.3, -0.25) is 9.78 Å². The van der Waals surface area contributed by atoms with Crippen LogP contribution in [0.4, 0.5) is 4.39 Å². The minimum atomic E-state index is -0.303. The predicted octanol–water partition coefficient (Wildman–Crippen LogP) is 5.92. The number of imidazole rings is 1. The molecule has 0 bridgehead atoms. The molecule has 2 heterocycles. The molecule has 5 rings (SSSR count). The Balaban J connectivity index is 1.36. The molecule has 0 aliphatic rings. The number of amides is 1. The normalized spacial score (nSPS) is 11.9. The van der Waals surface area contributed by atoms with Gasteiger partial charge in [0.05, 0.1) is 17.9 Å². The summed E-state index contributed by atoms with van der Waals surface area (Å²) in [5.41, 5.74) is 3.75. The van der Waals surface area contributed by atoms with Crippen LogP contribution in [0.25, 0.3) is 33.5 Å². The van der Waals surface area contributed by atoms with Crippen LogP contribution in [-0.2, 0) is 0 Å². The van der Waals surface area contributed by atoms with Gasteiger partial charge >= 0.3 is 0 Å². The molecule has 5 aromatic rings. The zero-order valence-corrected chi connectivity index (χ0v) is 17.9. The number of aromatic nitrogens is 3. The topological polar surface area (TPSA) is 70.7 Å². The van der Waals surface area contributed by atoms with Crippen molar-refractivity contribution < 1.29 is 9.18 Å². The fourth-order valence-corrected chi connectivity index (χ4v) is 3.75. The largest absolute Gasteiger partial charge is 0.346 e. The maximum atomic E-state index is 13.2. The molecular formula is C27H21FN4O. The van der Waals surface area contributed by atoms with E-state index in [0.29, 0.717) is 11.4 Å². The van der Waals surface area contributed by atoms with Gasteiger partial charge in [0.25, 0.3) is 5.91 Å². The van der Waals surface area contributed by atoms with Gasteiger partial charge in [-0.05, 0) is 48.2 Å². The van der Waals surface area contributed by atoms with Gasteiger partial charge < -0.3 is 10.3 Å². The van der Waals surface area contributed by atoms with Crippen LogP contribution in [-0.4, -0.2) is 20.9 Å². The Morgan fingerprint density at radius 1 is 0.909 bits per heavy atom. The van der Waals surface area contributed by atoms with Gasteiger partial charge in [0.2, 0.25) is 0 Å². The molecule has 0 saturated carbocycles. The van der Waals surface area contributed by atoms with Crippen molar-refractivity contribution in [1.29, 1.82) is 0 Å². The molecule has 0 fully saturated rings. The second-order valence-electron chi connectivity index (χ2n) is 7.89. The summed E-state index contributed by atoms with van der Waals surface area (Å²) in [5.74, 6) is 0.156. The molecule has 0 saturated heterocycles. The lowest BCUT2D eigenvalue weighted by Gasteiger charge is -2.14. The standard InChI is InChI=1S/C27H21FN4O/c1-17(18-9-11-23(28)12-10-18)31-27(33)21-8-4-7-20(13-21)25-16-30-26(32-25)24-14-19-5-2-3-6-22(19)15-29-24/h2-17H,1H3,(H,30,32)(H,31,33)/t17-/m0/s1. The first-order valence-corrected chi connectivity index (χ1v) is 10.6. The zero-order chi connectivity index (χ0) is 22.8. The number of H-pyrrole nitrogens is 1. The summed E-state index contributed by atoms with van der Waals surface area (Å²) in [6.07, 6.45) is 3.57. The highest BCUT2D eigenvalue weighted by atomic mass is 19.1. The molecule has 6 heteroatoms. The summed E-state index contributed by atoms with van der Waals surface area (Å²) in [6, 6.07) is 23.2. The molecule has 0 spiro atoms. The van der Waals surface area contributed by atoms with Gasteiger partial charge in [0.1, 0.15) is 11.5 Å². The third kappa shape index (κ3) is 4.36. The van der Waals surface area contributed by atoms with Crippen molar-refractivity contribution in [2.24, 2.45) is 0 Å². The van der Waals surface area contributed by atoms with Gasteiger partial charge in [0, 0.05) is 22.7 Å². The van der Waals surface area contributed by atoms with Crippen LogP contribution in [0.15, 0.2) is 91.3 Å². The summed E-state index contributed by atoms with van der Waals surface area (Å²) < 4.78 is 13.2. The molecule has 2 aromatic heterocycles. The van der Waals surface area contributed by atoms with Crippen LogP contribution in [0, 0.1) is 5.82 Å². The number of rotatable bonds is 5. The van der Waals surface area contributed by atoms with Gasteiger partial charge in [0.15, 0.2) is 5.82 Å². The monoisotopic (exact) mass is 436 g/mol. The average molecular weight is 436 g/mol. The Morgan fingerprint density at radius 2 is 1.70 bits per heavy atom. The van der Waals surface area contributed by atoms with Crippen molar-refractivity contribution in [2.45, 2.75) is 13.0 Å². The lowest BCUT2D eigenvalue weighted by molar-refractivity contribution is 0.0940. The van der Waals surface area contributed by atoms with Crippen molar-refractivity contribution in [2.75, 3.05) is 0 Å². The summed E-state index contributed by atoms with van der Waals surface area (Å²) in [6.45, 7) is 1.87. The maximum Gasteiger partial charge on any atom is 0.251 e. The number of nitrogens with one attached hydrogen (secondary N) is 2. The van der Waals surface area contributed by atoms with E-state index in [0.717, 1.165) is 33.3 Å². The van der Waals surface area contributed by atoms with Crippen molar-refractivity contribution in [3.05, 3.63) is 108 Å². The quantitative estimate of drug-likeness (QED) is 0.359. The molecule has 1 amide bonds. The van der Waals surface area contributed by atoms with E-state index >= 15 is 0 Å². The first kappa shape index (κ1) is 20.6. The number of carbonyl (C=O) groups is 1. The van der Waals surface area contributed by atoms with Gasteiger partial charge in [-0.2, -0.15) is 0 Å². The van der Waals surface area contributed by atoms with Gasteiger partial charge in [-0.25, -0.2) is 9.37 Å². The number of carbonyl (C=O) groups excluding carboxylic acids is 1. The van der Waals surface area contributed by atoms with E-state index in [2.05, 4.69) is 20.3 Å². The minimum absolute atomic E-state index is 0.204. The number of hydrogen-bond donors (Lipinski definition) is 2. The van der Waals surface area contributed by atoms with Crippen molar-refractivity contribution in [3.8, 4) is 22.8 Å². The molecule has 1 atom stereocenters. The summed E-state index contributed by atoms with van der Waals surface area (Å²) in [4.78, 5) is 25.1. The van der Waals surface area contributed by atoms with Gasteiger partial charge in [-0.15, -0.1) is 0 Å². The fraction of sp³-hybridized carbons (Fsp3) is 0.0741. The average Bonchev–Trinajstić information content (AvgIpc) is 3.35. The summed E-state index contributed by atoms with van der Waals surface area (Å²) >= 11 is 0. The smallest absolute Gasteiger partial charge is 0.251 e. The van der Waals surface area contributed by atoms with Crippen LogP contribution >= 0.6 is 0 Å². The Kier molecular flexibility index (Phi) is 5.40. The third-order valence-corrected chi connectivity index (χ3v) is 5.60. The van der Waals surface area contributed by atoms with Crippen LogP contribution < -0.4 is 5.32 Å². The lowest BCUT2D eigenvalue weighted by atomic mass is 10.1. The van der Waals surface area contributed by atoms with E-state index < -0.39 is 0 Å². The number of hydrogen-bond acceptors (Lipinski definition) is 3. The van der Waals surface area contributed by atoms with E-state index in [1.165, 1.54) is 12.1 Å². The van der Waals surface area contributed by atoms with E-state index in [1.807, 2.05) is 61.7 Å². The number of aromatic amines is 1. The van der Waals surface area contributed by atoms with E-state index in [9.17, 15) is 9.18 Å². The molecule has 5 nitrogen and oxygen atoms in total. The first-order valence-electron chi connectivity index (χ1n) is 10.6. The second kappa shape index (κ2) is 8.67. The van der Waals surface area contributed by atoms with Crippen molar-refractivity contribution in [3.63, 3.8) is 0 Å². The summed E-state index contributed by atoms with van der Waals surface area (Å²) in [5, 5.41) is 5.12. The molecule has 0 radical (unpaired) electrons. The predicted molar refractivity (Wildman–Crippen MR) is 127 cm³/mol. The van der Waals surface area contributed by atoms with E-state index in [4.69, 9.17) is 0 Å². The molecule has 2 N–H and O–H groups in total. The van der Waals surface area contributed by atoms with Crippen LogP contribution in [0.5, 0.6) is 0 Å². The first-order chi connectivity index (χ1) is 16.1. The third-order valence-electron chi connectivity index (χ3n) is 5.60. The number of pyridine rings is 1. The summed E-state index contributed by atoms with van der Waals surface area (Å²) in [7, 11) is 0. The molecule has 0 unspecified atom stereocenters. The molecule has 162 valence electrons. The number of fused-ring (bicyclic) bond motifs is 1. The van der Waals surface area contributed by atoms with Crippen LogP contribution in [0.3, 0.4) is 0 Å².